The summed E-state index contributed by atoms with van der Waals surface area (Å²) in [6, 6.07) is 2.95. The lowest BCUT2D eigenvalue weighted by Gasteiger charge is -2.39. The molecule has 0 aliphatic carbocycles. The van der Waals surface area contributed by atoms with Gasteiger partial charge < -0.3 is 10.5 Å². The van der Waals surface area contributed by atoms with Gasteiger partial charge in [-0.15, -0.1) is 0 Å². The minimum Gasteiger partial charge on any atom is -0.370 e. The van der Waals surface area contributed by atoms with Crippen molar-refractivity contribution >= 4 is 10.0 Å². The number of rotatable bonds is 3. The Kier molecular flexibility index (Phi) is 5.30. The van der Waals surface area contributed by atoms with E-state index in [-0.39, 0.29) is 11.6 Å². The Labute approximate surface area is 164 Å². The monoisotopic (exact) mass is 413 g/mol. The van der Waals surface area contributed by atoms with E-state index < -0.39 is 33.8 Å². The van der Waals surface area contributed by atoms with E-state index in [1.165, 1.54) is 16.1 Å². The summed E-state index contributed by atoms with van der Waals surface area (Å²) in [4.78, 5) is 2.26. The number of nitrogens with two attached hydrogens (primary N) is 1. The number of hydrogen-bond acceptors (Lipinski definition) is 5. The van der Waals surface area contributed by atoms with Crippen molar-refractivity contribution in [1.82, 2.24) is 9.21 Å². The van der Waals surface area contributed by atoms with Crippen molar-refractivity contribution in [3.05, 3.63) is 46.5 Å². The number of halogens is 2. The van der Waals surface area contributed by atoms with Crippen LogP contribution in [0, 0.1) is 11.6 Å². The normalized spacial score (nSPS) is 29.9. The molecule has 1 fully saturated rings. The molecular weight excluding hydrogens is 388 g/mol. The van der Waals surface area contributed by atoms with Crippen LogP contribution in [0.15, 0.2) is 29.3 Å². The molecule has 1 aromatic carbocycles. The van der Waals surface area contributed by atoms with Gasteiger partial charge in [-0.3, -0.25) is 4.90 Å². The first-order valence-corrected chi connectivity index (χ1v) is 11.3. The van der Waals surface area contributed by atoms with E-state index >= 15 is 0 Å². The number of benzene rings is 1. The van der Waals surface area contributed by atoms with Gasteiger partial charge in [-0.1, -0.05) is 5.57 Å². The van der Waals surface area contributed by atoms with Crippen molar-refractivity contribution in [2.75, 3.05) is 39.0 Å². The quantitative estimate of drug-likeness (QED) is 0.759. The topological polar surface area (TPSA) is 75.9 Å². The minimum absolute atomic E-state index is 0.0696. The van der Waals surface area contributed by atoms with Crippen LogP contribution < -0.4 is 5.73 Å². The summed E-state index contributed by atoms with van der Waals surface area (Å²) in [5.41, 5.74) is 8.89. The zero-order chi connectivity index (χ0) is 20.1. The van der Waals surface area contributed by atoms with E-state index in [4.69, 9.17) is 10.5 Å². The summed E-state index contributed by atoms with van der Waals surface area (Å²) in [5.74, 6) is -1.03. The number of hydrogen-bond donors (Lipinski definition) is 1. The van der Waals surface area contributed by atoms with Crippen LogP contribution in [0.5, 0.6) is 0 Å². The predicted molar refractivity (Wildman–Crippen MR) is 101 cm³/mol. The second-order valence-corrected chi connectivity index (χ2v) is 9.91. The molecule has 6 nitrogen and oxygen atoms in total. The van der Waals surface area contributed by atoms with Crippen molar-refractivity contribution in [2.24, 2.45) is 5.73 Å². The van der Waals surface area contributed by atoms with Crippen LogP contribution in [0.2, 0.25) is 0 Å². The van der Waals surface area contributed by atoms with Gasteiger partial charge in [0.05, 0.1) is 12.9 Å². The van der Waals surface area contributed by atoms with E-state index in [1.807, 2.05) is 0 Å². The SMILES string of the molecule is CS(=O)(=O)N1CCC2=C(CN([C@H]3CO[C@H](c4cc(F)ccc4F)[C@@H](N)C3)C2)C1. The fourth-order valence-electron chi connectivity index (χ4n) is 4.43. The third-order valence-electron chi connectivity index (χ3n) is 5.97. The summed E-state index contributed by atoms with van der Waals surface area (Å²) in [6.45, 7) is 2.83. The maximum atomic E-state index is 14.1. The van der Waals surface area contributed by atoms with Gasteiger partial charge in [0.25, 0.3) is 0 Å². The summed E-state index contributed by atoms with van der Waals surface area (Å²) in [5, 5.41) is 0. The largest absolute Gasteiger partial charge is 0.370 e. The second-order valence-electron chi connectivity index (χ2n) is 7.93. The number of ether oxygens (including phenoxy) is 1. The summed E-state index contributed by atoms with van der Waals surface area (Å²) < 4.78 is 58.6. The van der Waals surface area contributed by atoms with Crippen molar-refractivity contribution in [2.45, 2.75) is 31.0 Å². The first kappa shape index (κ1) is 19.9. The van der Waals surface area contributed by atoms with E-state index in [2.05, 4.69) is 4.90 Å². The average molecular weight is 413 g/mol. The molecule has 3 atom stereocenters. The number of sulfonamides is 1. The smallest absolute Gasteiger partial charge is 0.211 e. The molecule has 0 unspecified atom stereocenters. The fourth-order valence-corrected chi connectivity index (χ4v) is 5.25. The van der Waals surface area contributed by atoms with Gasteiger partial charge in [-0.2, -0.15) is 4.31 Å². The molecule has 0 spiro atoms. The van der Waals surface area contributed by atoms with Gasteiger partial charge >= 0.3 is 0 Å². The lowest BCUT2D eigenvalue weighted by atomic mass is 9.93. The molecule has 0 aromatic heterocycles. The molecule has 3 aliphatic rings. The van der Waals surface area contributed by atoms with Gasteiger partial charge in [0.2, 0.25) is 10.0 Å². The lowest BCUT2D eigenvalue weighted by molar-refractivity contribution is -0.0465. The highest BCUT2D eigenvalue weighted by atomic mass is 32.2. The molecule has 0 bridgehead atoms. The van der Waals surface area contributed by atoms with E-state index in [1.54, 1.807) is 0 Å². The predicted octanol–water partition coefficient (Wildman–Crippen LogP) is 1.40. The summed E-state index contributed by atoms with van der Waals surface area (Å²) in [7, 11) is -3.19. The van der Waals surface area contributed by atoms with Gasteiger partial charge in [-0.25, -0.2) is 17.2 Å². The average Bonchev–Trinajstić information content (AvgIpc) is 3.06. The Morgan fingerprint density at radius 2 is 1.93 bits per heavy atom. The molecule has 4 rings (SSSR count). The standard InChI is InChI=1S/C19H25F2N3O3S/c1-28(25,26)24-5-4-12-8-23(9-13(12)10-24)15-7-18(22)19(27-11-15)16-6-14(20)2-3-17(16)21/h2-3,6,15,18-19H,4-5,7-11,22H2,1H3/t15-,18+,19-/m1/s1. The molecule has 0 amide bonds. The first-order chi connectivity index (χ1) is 13.2. The first-order valence-electron chi connectivity index (χ1n) is 9.43. The minimum atomic E-state index is -3.19. The summed E-state index contributed by atoms with van der Waals surface area (Å²) >= 11 is 0. The van der Waals surface area contributed by atoms with Gasteiger partial charge in [0, 0.05) is 43.8 Å². The molecule has 154 valence electrons. The third kappa shape index (κ3) is 3.86. The van der Waals surface area contributed by atoms with Crippen molar-refractivity contribution < 1.29 is 21.9 Å². The fraction of sp³-hybridized carbons (Fsp3) is 0.579. The zero-order valence-electron chi connectivity index (χ0n) is 15.8. The molecule has 0 radical (unpaired) electrons. The molecule has 1 saturated heterocycles. The van der Waals surface area contributed by atoms with Crippen LogP contribution in [0.1, 0.15) is 24.5 Å². The Morgan fingerprint density at radius 1 is 1.18 bits per heavy atom. The Morgan fingerprint density at radius 3 is 2.64 bits per heavy atom. The van der Waals surface area contributed by atoms with Gasteiger partial charge in [0.15, 0.2) is 0 Å². The van der Waals surface area contributed by atoms with Gasteiger partial charge in [0.1, 0.15) is 17.7 Å². The van der Waals surface area contributed by atoms with Crippen molar-refractivity contribution in [1.29, 1.82) is 0 Å². The van der Waals surface area contributed by atoms with Crippen LogP contribution in [-0.4, -0.2) is 68.7 Å². The molecule has 3 aliphatic heterocycles. The molecule has 1 aromatic rings. The third-order valence-corrected chi connectivity index (χ3v) is 7.22. The maximum absolute atomic E-state index is 14.1. The maximum Gasteiger partial charge on any atom is 0.211 e. The van der Waals surface area contributed by atoms with Crippen LogP contribution in [0.4, 0.5) is 8.78 Å². The molecule has 28 heavy (non-hydrogen) atoms. The van der Waals surface area contributed by atoms with E-state index in [0.29, 0.717) is 32.7 Å². The van der Waals surface area contributed by atoms with Crippen LogP contribution in [0.25, 0.3) is 0 Å². The van der Waals surface area contributed by atoms with Crippen LogP contribution >= 0.6 is 0 Å². The summed E-state index contributed by atoms with van der Waals surface area (Å²) in [6.07, 6.45) is 1.93. The zero-order valence-corrected chi connectivity index (χ0v) is 16.6. The Balaban J connectivity index is 1.40. The van der Waals surface area contributed by atoms with Gasteiger partial charge in [-0.05, 0) is 36.6 Å². The highest BCUT2D eigenvalue weighted by Crippen LogP contribution is 2.34. The number of nitrogens with zero attached hydrogens (tertiary/aromatic N) is 2. The lowest BCUT2D eigenvalue weighted by Crippen LogP contribution is -2.49. The molecule has 9 heteroatoms. The Bertz CT molecular complexity index is 906. The Hall–Kier alpha value is -1.39. The highest BCUT2D eigenvalue weighted by molar-refractivity contribution is 7.88. The van der Waals surface area contributed by atoms with E-state index in [9.17, 15) is 17.2 Å². The van der Waals surface area contributed by atoms with Crippen molar-refractivity contribution in [3.8, 4) is 0 Å². The van der Waals surface area contributed by atoms with Crippen molar-refractivity contribution in [3.63, 3.8) is 0 Å². The second kappa shape index (κ2) is 7.46. The molecular formula is C19H25F2N3O3S. The highest BCUT2D eigenvalue weighted by Gasteiger charge is 2.38. The van der Waals surface area contributed by atoms with E-state index in [0.717, 1.165) is 36.7 Å². The molecule has 3 heterocycles. The molecule has 0 saturated carbocycles. The van der Waals surface area contributed by atoms with Crippen LogP contribution in [-0.2, 0) is 14.8 Å². The van der Waals surface area contributed by atoms with Crippen LogP contribution in [0.3, 0.4) is 0 Å². The molecule has 2 N–H and O–H groups in total.